The Balaban J connectivity index is 2.38. The van der Waals surface area contributed by atoms with Crippen LogP contribution in [0.4, 0.5) is 4.39 Å². The van der Waals surface area contributed by atoms with E-state index in [4.69, 9.17) is 11.6 Å². The Morgan fingerprint density at radius 2 is 1.68 bits per heavy atom. The molecule has 3 rings (SSSR count). The summed E-state index contributed by atoms with van der Waals surface area (Å²) in [6, 6.07) is 12.5. The van der Waals surface area contributed by atoms with Crippen LogP contribution >= 0.6 is 11.6 Å². The predicted octanol–water partition coefficient (Wildman–Crippen LogP) is 4.40. The fourth-order valence-corrected chi connectivity index (χ4v) is 2.34. The van der Waals surface area contributed by atoms with E-state index in [9.17, 15) is 4.39 Å². The number of aromatic nitrogens is 2. The van der Waals surface area contributed by atoms with Crippen LogP contribution in [0.5, 0.6) is 0 Å². The minimum absolute atomic E-state index is 0.252. The molecule has 0 aliphatic rings. The van der Waals surface area contributed by atoms with Crippen molar-refractivity contribution in [3.8, 4) is 11.3 Å². The molecular formula is C15H10ClFN2. The lowest BCUT2D eigenvalue weighted by molar-refractivity contribution is 0.619. The van der Waals surface area contributed by atoms with Crippen LogP contribution in [0.1, 0.15) is 5.56 Å². The zero-order valence-corrected chi connectivity index (χ0v) is 10.9. The summed E-state index contributed by atoms with van der Waals surface area (Å²) in [5.41, 5.74) is 1.95. The van der Waals surface area contributed by atoms with Gasteiger partial charge in [0.25, 0.3) is 0 Å². The zero-order chi connectivity index (χ0) is 13.4. The number of rotatable bonds is 1. The second-order valence-electron chi connectivity index (χ2n) is 4.30. The molecule has 2 aromatic carbocycles. The van der Waals surface area contributed by atoms with Crippen molar-refractivity contribution in [2.75, 3.05) is 0 Å². The van der Waals surface area contributed by atoms with Crippen LogP contribution < -0.4 is 0 Å². The van der Waals surface area contributed by atoms with Crippen molar-refractivity contribution in [1.82, 2.24) is 10.2 Å². The quantitative estimate of drug-likeness (QED) is 0.656. The summed E-state index contributed by atoms with van der Waals surface area (Å²) in [5, 5.41) is 10.1. The minimum atomic E-state index is -0.252. The lowest BCUT2D eigenvalue weighted by Crippen LogP contribution is -1.95. The van der Waals surface area contributed by atoms with E-state index < -0.39 is 0 Å². The summed E-state index contributed by atoms with van der Waals surface area (Å²) in [4.78, 5) is 0. The highest BCUT2D eigenvalue weighted by atomic mass is 35.5. The van der Waals surface area contributed by atoms with Gasteiger partial charge in [0.15, 0.2) is 5.15 Å². The Kier molecular flexibility index (Phi) is 2.91. The first-order valence-electron chi connectivity index (χ1n) is 5.85. The molecule has 1 aromatic heterocycles. The van der Waals surface area contributed by atoms with E-state index in [-0.39, 0.29) is 5.82 Å². The Labute approximate surface area is 114 Å². The molecule has 0 aliphatic heterocycles. The van der Waals surface area contributed by atoms with Gasteiger partial charge in [0, 0.05) is 16.3 Å². The van der Waals surface area contributed by atoms with Gasteiger partial charge in [-0.05, 0) is 18.6 Å². The fourth-order valence-electron chi connectivity index (χ4n) is 2.13. The molecule has 0 N–H and O–H groups in total. The Morgan fingerprint density at radius 1 is 0.947 bits per heavy atom. The first-order chi connectivity index (χ1) is 9.18. The molecule has 4 heteroatoms. The maximum Gasteiger partial charge on any atom is 0.159 e. The van der Waals surface area contributed by atoms with Crippen LogP contribution in [0, 0.1) is 12.7 Å². The third-order valence-electron chi connectivity index (χ3n) is 3.17. The van der Waals surface area contributed by atoms with E-state index in [1.165, 1.54) is 6.07 Å². The van der Waals surface area contributed by atoms with Crippen LogP contribution in [0.25, 0.3) is 22.0 Å². The molecule has 0 atom stereocenters. The molecule has 0 bridgehead atoms. The van der Waals surface area contributed by atoms with Crippen LogP contribution in [0.15, 0.2) is 42.5 Å². The summed E-state index contributed by atoms with van der Waals surface area (Å²) in [5.74, 6) is -0.252. The van der Waals surface area contributed by atoms with Gasteiger partial charge in [-0.25, -0.2) is 4.39 Å². The number of fused-ring (bicyclic) bond motifs is 1. The lowest BCUT2D eigenvalue weighted by Gasteiger charge is -2.09. The van der Waals surface area contributed by atoms with E-state index >= 15 is 0 Å². The zero-order valence-electron chi connectivity index (χ0n) is 10.2. The maximum atomic E-state index is 13.7. The van der Waals surface area contributed by atoms with Crippen molar-refractivity contribution in [1.29, 1.82) is 0 Å². The van der Waals surface area contributed by atoms with Gasteiger partial charge in [0.1, 0.15) is 11.5 Å². The van der Waals surface area contributed by atoms with Gasteiger partial charge in [-0.15, -0.1) is 10.2 Å². The van der Waals surface area contributed by atoms with E-state index in [0.717, 1.165) is 16.3 Å². The Hall–Kier alpha value is -2.00. The van der Waals surface area contributed by atoms with Crippen LogP contribution in [0.3, 0.4) is 0 Å². The van der Waals surface area contributed by atoms with Crippen molar-refractivity contribution in [2.24, 2.45) is 0 Å². The molecule has 3 aromatic rings. The van der Waals surface area contributed by atoms with Gasteiger partial charge < -0.3 is 0 Å². The van der Waals surface area contributed by atoms with Gasteiger partial charge in [-0.2, -0.15) is 0 Å². The molecule has 94 valence electrons. The van der Waals surface area contributed by atoms with Gasteiger partial charge in [0.05, 0.1) is 0 Å². The van der Waals surface area contributed by atoms with Crippen molar-refractivity contribution >= 4 is 22.4 Å². The van der Waals surface area contributed by atoms with E-state index in [1.54, 1.807) is 13.0 Å². The molecule has 0 saturated carbocycles. The van der Waals surface area contributed by atoms with Crippen molar-refractivity contribution in [2.45, 2.75) is 6.92 Å². The SMILES string of the molecule is Cc1c(F)cccc1-c1nnc(Cl)c2ccccc12. The summed E-state index contributed by atoms with van der Waals surface area (Å²) >= 11 is 6.04. The smallest absolute Gasteiger partial charge is 0.159 e. The number of halogens is 2. The van der Waals surface area contributed by atoms with Crippen molar-refractivity contribution < 1.29 is 4.39 Å². The second-order valence-corrected chi connectivity index (χ2v) is 4.66. The first-order valence-corrected chi connectivity index (χ1v) is 6.22. The van der Waals surface area contributed by atoms with Crippen LogP contribution in [-0.2, 0) is 0 Å². The van der Waals surface area contributed by atoms with E-state index in [0.29, 0.717) is 16.4 Å². The summed E-state index contributed by atoms with van der Waals surface area (Å²) < 4.78 is 13.7. The highest BCUT2D eigenvalue weighted by Crippen LogP contribution is 2.31. The number of hydrogen-bond donors (Lipinski definition) is 0. The monoisotopic (exact) mass is 272 g/mol. The average Bonchev–Trinajstić information content (AvgIpc) is 2.43. The molecule has 0 amide bonds. The summed E-state index contributed by atoms with van der Waals surface area (Å²) in [7, 11) is 0. The molecule has 1 heterocycles. The van der Waals surface area contributed by atoms with E-state index in [2.05, 4.69) is 10.2 Å². The number of benzene rings is 2. The number of nitrogens with zero attached hydrogens (tertiary/aromatic N) is 2. The third-order valence-corrected chi connectivity index (χ3v) is 3.44. The molecular weight excluding hydrogens is 263 g/mol. The van der Waals surface area contributed by atoms with Crippen LogP contribution in [-0.4, -0.2) is 10.2 Å². The third kappa shape index (κ3) is 1.96. The molecule has 0 aliphatic carbocycles. The van der Waals surface area contributed by atoms with Gasteiger partial charge >= 0.3 is 0 Å². The molecule has 0 fully saturated rings. The van der Waals surface area contributed by atoms with E-state index in [1.807, 2.05) is 30.3 Å². The molecule has 0 unspecified atom stereocenters. The molecule has 0 spiro atoms. The molecule has 19 heavy (non-hydrogen) atoms. The highest BCUT2D eigenvalue weighted by Gasteiger charge is 2.12. The standard InChI is InChI=1S/C15H10ClFN2/c1-9-10(7-4-8-13(9)17)14-11-5-2-3-6-12(11)15(16)19-18-14/h2-8H,1H3. The largest absolute Gasteiger partial charge is 0.207 e. The topological polar surface area (TPSA) is 25.8 Å². The maximum absolute atomic E-state index is 13.7. The average molecular weight is 273 g/mol. The van der Waals surface area contributed by atoms with Crippen molar-refractivity contribution in [3.63, 3.8) is 0 Å². The van der Waals surface area contributed by atoms with Crippen LogP contribution in [0.2, 0.25) is 5.15 Å². The molecule has 2 nitrogen and oxygen atoms in total. The number of hydrogen-bond acceptors (Lipinski definition) is 2. The molecule has 0 saturated heterocycles. The normalized spacial score (nSPS) is 10.9. The first kappa shape index (κ1) is 12.1. The fraction of sp³-hybridized carbons (Fsp3) is 0.0667. The lowest BCUT2D eigenvalue weighted by atomic mass is 10.0. The van der Waals surface area contributed by atoms with Gasteiger partial charge in [0.2, 0.25) is 0 Å². The Morgan fingerprint density at radius 3 is 2.47 bits per heavy atom. The second kappa shape index (κ2) is 4.59. The molecule has 0 radical (unpaired) electrons. The van der Waals surface area contributed by atoms with Gasteiger partial charge in [-0.1, -0.05) is 48.0 Å². The Bertz CT molecular complexity index is 771. The van der Waals surface area contributed by atoms with Crippen molar-refractivity contribution in [3.05, 3.63) is 59.0 Å². The minimum Gasteiger partial charge on any atom is -0.207 e. The summed E-state index contributed by atoms with van der Waals surface area (Å²) in [6.45, 7) is 1.73. The predicted molar refractivity (Wildman–Crippen MR) is 74.7 cm³/mol. The summed E-state index contributed by atoms with van der Waals surface area (Å²) in [6.07, 6.45) is 0. The highest BCUT2D eigenvalue weighted by molar-refractivity contribution is 6.34. The van der Waals surface area contributed by atoms with Gasteiger partial charge in [-0.3, -0.25) is 0 Å².